The lowest BCUT2D eigenvalue weighted by Crippen LogP contribution is -2.38. The van der Waals surface area contributed by atoms with Gasteiger partial charge in [0.1, 0.15) is 0 Å². The molecule has 0 atom stereocenters. The normalized spacial score (nSPS) is 15.4. The van der Waals surface area contributed by atoms with Crippen LogP contribution in [0.3, 0.4) is 0 Å². The highest BCUT2D eigenvalue weighted by Crippen LogP contribution is 2.23. The summed E-state index contributed by atoms with van der Waals surface area (Å²) in [6.07, 6.45) is 3.08. The summed E-state index contributed by atoms with van der Waals surface area (Å²) in [5, 5.41) is 13.7. The zero-order valence-electron chi connectivity index (χ0n) is 14.6. The van der Waals surface area contributed by atoms with Gasteiger partial charge < -0.3 is 15.7 Å². The Morgan fingerprint density at radius 2 is 1.77 bits per heavy atom. The summed E-state index contributed by atoms with van der Waals surface area (Å²) < 4.78 is 27.2. The van der Waals surface area contributed by atoms with Crippen molar-refractivity contribution in [3.8, 4) is 0 Å². The van der Waals surface area contributed by atoms with Gasteiger partial charge in [0.25, 0.3) is 0 Å². The highest BCUT2D eigenvalue weighted by atomic mass is 32.2. The average molecular weight is 383 g/mol. The number of amides is 2. The molecule has 1 heterocycles. The predicted molar refractivity (Wildman–Crippen MR) is 96.2 cm³/mol. The maximum absolute atomic E-state index is 12.9. The van der Waals surface area contributed by atoms with Crippen molar-refractivity contribution in [3.05, 3.63) is 29.8 Å². The number of carboxylic acids is 1. The molecule has 1 saturated heterocycles. The number of sulfonamides is 1. The van der Waals surface area contributed by atoms with Gasteiger partial charge in [-0.1, -0.05) is 24.6 Å². The molecule has 0 unspecified atom stereocenters. The Morgan fingerprint density at radius 3 is 2.46 bits per heavy atom. The lowest BCUT2D eigenvalue weighted by molar-refractivity contribution is -0.137. The zero-order valence-corrected chi connectivity index (χ0v) is 15.4. The van der Waals surface area contributed by atoms with E-state index in [0.717, 1.165) is 19.3 Å². The smallest absolute Gasteiger partial charge is 0.315 e. The number of rotatable bonds is 8. The van der Waals surface area contributed by atoms with E-state index in [0.29, 0.717) is 25.1 Å². The maximum atomic E-state index is 12.9. The van der Waals surface area contributed by atoms with E-state index >= 15 is 0 Å². The molecule has 9 heteroatoms. The van der Waals surface area contributed by atoms with E-state index in [2.05, 4.69) is 10.6 Å². The number of hydrogen-bond acceptors (Lipinski definition) is 4. The quantitative estimate of drug-likeness (QED) is 0.589. The average Bonchev–Trinajstić information content (AvgIpc) is 2.64. The molecule has 2 rings (SSSR count). The van der Waals surface area contributed by atoms with Crippen molar-refractivity contribution in [3.63, 3.8) is 0 Å². The third-order valence-corrected chi connectivity index (χ3v) is 6.20. The highest BCUT2D eigenvalue weighted by molar-refractivity contribution is 7.89. The Morgan fingerprint density at radius 1 is 1.08 bits per heavy atom. The van der Waals surface area contributed by atoms with Crippen LogP contribution >= 0.6 is 0 Å². The number of aliphatic carboxylic acids is 1. The van der Waals surface area contributed by atoms with Crippen molar-refractivity contribution >= 4 is 22.0 Å². The second kappa shape index (κ2) is 9.54. The molecule has 8 nitrogen and oxygen atoms in total. The molecule has 0 radical (unpaired) electrons. The van der Waals surface area contributed by atoms with Gasteiger partial charge in [-0.25, -0.2) is 13.2 Å². The fraction of sp³-hybridized carbons (Fsp3) is 0.529. The molecular formula is C17H25N3O5S. The van der Waals surface area contributed by atoms with Gasteiger partial charge in [0.15, 0.2) is 0 Å². The third kappa shape index (κ3) is 5.70. The summed E-state index contributed by atoms with van der Waals surface area (Å²) in [6.45, 7) is 1.36. The van der Waals surface area contributed by atoms with Crippen molar-refractivity contribution in [2.24, 2.45) is 0 Å². The summed E-state index contributed by atoms with van der Waals surface area (Å²) in [5.41, 5.74) is 0.527. The van der Waals surface area contributed by atoms with Crippen LogP contribution in [0.25, 0.3) is 0 Å². The number of nitrogens with zero attached hydrogens (tertiary/aromatic N) is 1. The minimum Gasteiger partial charge on any atom is -0.481 e. The minimum absolute atomic E-state index is 0.0167. The first-order valence-electron chi connectivity index (χ1n) is 8.73. The fourth-order valence-corrected chi connectivity index (χ4v) is 4.56. The van der Waals surface area contributed by atoms with Crippen LogP contribution in [-0.2, 0) is 21.4 Å². The molecule has 0 saturated carbocycles. The molecule has 1 fully saturated rings. The van der Waals surface area contributed by atoms with Gasteiger partial charge in [0, 0.05) is 32.6 Å². The van der Waals surface area contributed by atoms with E-state index in [1.165, 1.54) is 4.31 Å². The Kier molecular flexibility index (Phi) is 7.40. The first-order chi connectivity index (χ1) is 12.4. The molecule has 1 aliphatic heterocycles. The number of carbonyl (C=O) groups excluding carboxylic acids is 1. The molecule has 144 valence electrons. The summed E-state index contributed by atoms with van der Waals surface area (Å²) in [4.78, 5) is 22.4. The first kappa shape index (κ1) is 20.2. The van der Waals surface area contributed by atoms with Crippen LogP contribution in [0.15, 0.2) is 29.2 Å². The van der Waals surface area contributed by atoms with Crippen LogP contribution in [-0.4, -0.2) is 49.5 Å². The molecule has 0 bridgehead atoms. The van der Waals surface area contributed by atoms with Gasteiger partial charge >= 0.3 is 12.0 Å². The van der Waals surface area contributed by atoms with E-state index in [1.54, 1.807) is 24.3 Å². The van der Waals surface area contributed by atoms with Crippen molar-refractivity contribution in [2.75, 3.05) is 19.6 Å². The molecule has 1 aromatic rings. The number of urea groups is 1. The van der Waals surface area contributed by atoms with Gasteiger partial charge in [-0.05, 0) is 30.9 Å². The zero-order chi connectivity index (χ0) is 19.0. The second-order valence-corrected chi connectivity index (χ2v) is 8.09. The minimum atomic E-state index is -3.57. The van der Waals surface area contributed by atoms with Crippen LogP contribution in [0.4, 0.5) is 4.79 Å². The van der Waals surface area contributed by atoms with Crippen molar-refractivity contribution in [1.82, 2.24) is 14.9 Å². The lowest BCUT2D eigenvalue weighted by atomic mass is 10.2. The molecule has 0 spiro atoms. The Balaban J connectivity index is 1.96. The summed E-state index contributed by atoms with van der Waals surface area (Å²) >= 11 is 0. The summed E-state index contributed by atoms with van der Waals surface area (Å²) in [6, 6.07) is 6.19. The molecule has 1 aliphatic rings. The Labute approximate surface area is 153 Å². The van der Waals surface area contributed by atoms with E-state index in [1.807, 2.05) is 0 Å². The van der Waals surface area contributed by atoms with Gasteiger partial charge in [-0.2, -0.15) is 4.31 Å². The number of nitrogens with one attached hydrogen (secondary N) is 2. The van der Waals surface area contributed by atoms with Crippen LogP contribution in [0.2, 0.25) is 0 Å². The van der Waals surface area contributed by atoms with Crippen LogP contribution < -0.4 is 10.6 Å². The number of hydrogen-bond donors (Lipinski definition) is 3. The second-order valence-electron chi connectivity index (χ2n) is 6.18. The van der Waals surface area contributed by atoms with Gasteiger partial charge in [-0.3, -0.25) is 4.79 Å². The summed E-state index contributed by atoms with van der Waals surface area (Å²) in [5.74, 6) is -0.913. The number of carboxylic acid groups (broad SMARTS) is 1. The predicted octanol–water partition coefficient (Wildman–Crippen LogP) is 1.53. The largest absolute Gasteiger partial charge is 0.481 e. The molecule has 26 heavy (non-hydrogen) atoms. The van der Waals surface area contributed by atoms with Gasteiger partial charge in [0.05, 0.1) is 4.90 Å². The Bertz CT molecular complexity index is 730. The Hall–Kier alpha value is -2.13. The van der Waals surface area contributed by atoms with Crippen molar-refractivity contribution < 1.29 is 23.1 Å². The van der Waals surface area contributed by atoms with E-state index in [9.17, 15) is 18.0 Å². The number of piperidine rings is 1. The molecule has 1 aromatic carbocycles. The molecule has 2 amide bonds. The first-order valence-corrected chi connectivity index (χ1v) is 10.2. The highest BCUT2D eigenvalue weighted by Gasteiger charge is 2.27. The van der Waals surface area contributed by atoms with Crippen LogP contribution in [0.5, 0.6) is 0 Å². The number of carbonyl (C=O) groups is 2. The topological polar surface area (TPSA) is 116 Å². The molecule has 0 aromatic heterocycles. The van der Waals surface area contributed by atoms with Crippen LogP contribution in [0, 0.1) is 0 Å². The standard InChI is InChI=1S/C17H25N3O5S/c21-16(22)9-6-10-18-17(23)19-13-14-7-2-3-8-15(14)26(24,25)20-11-4-1-5-12-20/h2-3,7-8H,1,4-6,9-13H2,(H,21,22)(H2,18,19,23). The van der Waals surface area contributed by atoms with Gasteiger partial charge in [-0.15, -0.1) is 0 Å². The van der Waals surface area contributed by atoms with E-state index in [-0.39, 0.29) is 24.4 Å². The van der Waals surface area contributed by atoms with Crippen molar-refractivity contribution in [2.45, 2.75) is 43.5 Å². The number of benzene rings is 1. The van der Waals surface area contributed by atoms with Crippen molar-refractivity contribution in [1.29, 1.82) is 0 Å². The third-order valence-electron chi connectivity index (χ3n) is 4.20. The van der Waals surface area contributed by atoms with Gasteiger partial charge in [0.2, 0.25) is 10.0 Å². The summed E-state index contributed by atoms with van der Waals surface area (Å²) in [7, 11) is -3.57. The van der Waals surface area contributed by atoms with E-state index < -0.39 is 22.0 Å². The lowest BCUT2D eigenvalue weighted by Gasteiger charge is -2.26. The van der Waals surface area contributed by atoms with E-state index in [4.69, 9.17) is 5.11 Å². The fourth-order valence-electron chi connectivity index (χ4n) is 2.83. The van der Waals surface area contributed by atoms with Crippen LogP contribution in [0.1, 0.15) is 37.7 Å². The molecule has 0 aliphatic carbocycles. The maximum Gasteiger partial charge on any atom is 0.315 e. The SMILES string of the molecule is O=C(O)CCCNC(=O)NCc1ccccc1S(=O)(=O)N1CCCCC1. The monoisotopic (exact) mass is 383 g/mol. The molecular weight excluding hydrogens is 358 g/mol. The molecule has 3 N–H and O–H groups in total.